The predicted octanol–water partition coefficient (Wildman–Crippen LogP) is 3.60. The molecule has 1 unspecified atom stereocenters. The number of fused-ring (bicyclic) bond motifs is 1. The van der Waals surface area contributed by atoms with Crippen molar-refractivity contribution in [3.8, 4) is 0 Å². The Bertz CT molecular complexity index is 1020. The minimum atomic E-state index is -0.249. The van der Waals surface area contributed by atoms with Crippen LogP contribution in [0.25, 0.3) is 0 Å². The molecule has 2 heterocycles. The normalized spacial score (nSPS) is 15.2. The number of hydrogen-bond donors (Lipinski definition) is 1. The van der Waals surface area contributed by atoms with E-state index in [2.05, 4.69) is 10.3 Å². The van der Waals surface area contributed by atoms with Gasteiger partial charge in [-0.15, -0.1) is 0 Å². The second-order valence-electron chi connectivity index (χ2n) is 6.99. The third-order valence-electron chi connectivity index (χ3n) is 4.97. The quantitative estimate of drug-likeness (QED) is 0.762. The van der Waals surface area contributed by atoms with Crippen molar-refractivity contribution in [1.82, 2.24) is 10.3 Å². The summed E-state index contributed by atoms with van der Waals surface area (Å²) < 4.78 is 0. The molecule has 0 spiro atoms. The molecule has 2 amide bonds. The van der Waals surface area contributed by atoms with Crippen LogP contribution < -0.4 is 10.2 Å². The van der Waals surface area contributed by atoms with Crippen molar-refractivity contribution in [1.29, 1.82) is 0 Å². The zero-order valence-electron chi connectivity index (χ0n) is 15.6. The number of nitrogens with one attached hydrogen (secondary N) is 1. The first-order valence-corrected chi connectivity index (χ1v) is 9.32. The zero-order valence-corrected chi connectivity index (χ0v) is 15.6. The monoisotopic (exact) mass is 371 g/mol. The average molecular weight is 371 g/mol. The Kier molecular flexibility index (Phi) is 4.89. The maximum atomic E-state index is 13.1. The molecule has 28 heavy (non-hydrogen) atoms. The number of rotatable bonds is 4. The van der Waals surface area contributed by atoms with Crippen molar-refractivity contribution in [2.75, 3.05) is 4.90 Å². The van der Waals surface area contributed by atoms with Gasteiger partial charge in [0.2, 0.25) is 0 Å². The fourth-order valence-corrected chi connectivity index (χ4v) is 3.58. The maximum absolute atomic E-state index is 13.1. The van der Waals surface area contributed by atoms with Gasteiger partial charge in [-0.05, 0) is 36.6 Å². The third-order valence-corrected chi connectivity index (χ3v) is 4.97. The van der Waals surface area contributed by atoms with Gasteiger partial charge >= 0.3 is 0 Å². The molecule has 1 N–H and O–H groups in total. The van der Waals surface area contributed by atoms with E-state index in [4.69, 9.17) is 0 Å². The summed E-state index contributed by atoms with van der Waals surface area (Å²) in [7, 11) is 0. The molecule has 0 fully saturated rings. The lowest BCUT2D eigenvalue weighted by Gasteiger charge is -2.22. The number of aromatic nitrogens is 1. The number of pyridine rings is 1. The molecule has 0 saturated heterocycles. The number of para-hydroxylation sites is 1. The Morgan fingerprint density at radius 2 is 1.75 bits per heavy atom. The second kappa shape index (κ2) is 7.64. The largest absolute Gasteiger partial charge is 0.348 e. The summed E-state index contributed by atoms with van der Waals surface area (Å²) >= 11 is 0. The van der Waals surface area contributed by atoms with Crippen molar-refractivity contribution >= 4 is 17.5 Å². The van der Waals surface area contributed by atoms with Crippen molar-refractivity contribution in [3.05, 3.63) is 95.3 Å². The number of nitrogens with zero attached hydrogens (tertiary/aromatic N) is 2. The number of carbonyl (C=O) groups is 2. The minimum Gasteiger partial charge on any atom is -0.348 e. The van der Waals surface area contributed by atoms with Crippen molar-refractivity contribution in [3.63, 3.8) is 0 Å². The van der Waals surface area contributed by atoms with Gasteiger partial charge in [0, 0.05) is 30.7 Å². The highest BCUT2D eigenvalue weighted by atomic mass is 16.2. The van der Waals surface area contributed by atoms with E-state index in [-0.39, 0.29) is 17.9 Å². The maximum Gasteiger partial charge on any atom is 0.260 e. The highest BCUT2D eigenvalue weighted by molar-refractivity contribution is 6.08. The van der Waals surface area contributed by atoms with E-state index in [9.17, 15) is 9.59 Å². The SMILES string of the molecule is CC1Cc2ccccc2N1C(=O)c1cncc(C(=O)NCc2ccccc2)c1. The summed E-state index contributed by atoms with van der Waals surface area (Å²) in [5.41, 5.74) is 3.89. The molecule has 0 saturated carbocycles. The van der Waals surface area contributed by atoms with Gasteiger partial charge < -0.3 is 10.2 Å². The Hall–Kier alpha value is -3.47. The molecule has 0 aliphatic carbocycles. The third kappa shape index (κ3) is 3.51. The van der Waals surface area contributed by atoms with E-state index in [0.29, 0.717) is 17.7 Å². The van der Waals surface area contributed by atoms with E-state index >= 15 is 0 Å². The fraction of sp³-hybridized carbons (Fsp3) is 0.174. The Morgan fingerprint density at radius 3 is 2.57 bits per heavy atom. The summed E-state index contributed by atoms with van der Waals surface area (Å²) in [5.74, 6) is -0.386. The molecule has 1 aliphatic rings. The van der Waals surface area contributed by atoms with Crippen LogP contribution in [-0.4, -0.2) is 22.8 Å². The summed E-state index contributed by atoms with van der Waals surface area (Å²) in [6, 6.07) is 19.3. The second-order valence-corrected chi connectivity index (χ2v) is 6.99. The van der Waals surface area contributed by atoms with Gasteiger partial charge in [0.25, 0.3) is 11.8 Å². The van der Waals surface area contributed by atoms with Gasteiger partial charge in [0.1, 0.15) is 0 Å². The van der Waals surface area contributed by atoms with Crippen LogP contribution in [0.1, 0.15) is 38.8 Å². The van der Waals surface area contributed by atoms with E-state index in [1.165, 1.54) is 12.4 Å². The number of benzene rings is 2. The fourth-order valence-electron chi connectivity index (χ4n) is 3.58. The molecular formula is C23H21N3O2. The van der Waals surface area contributed by atoms with Crippen LogP contribution in [0.15, 0.2) is 73.1 Å². The molecule has 1 atom stereocenters. The lowest BCUT2D eigenvalue weighted by atomic mass is 10.1. The molecule has 0 bridgehead atoms. The smallest absolute Gasteiger partial charge is 0.260 e. The van der Waals surface area contributed by atoms with Gasteiger partial charge in [-0.1, -0.05) is 48.5 Å². The number of carbonyl (C=O) groups excluding carboxylic acids is 2. The topological polar surface area (TPSA) is 62.3 Å². The molecule has 2 aromatic carbocycles. The van der Waals surface area contributed by atoms with E-state index in [0.717, 1.165) is 23.2 Å². The summed E-state index contributed by atoms with van der Waals surface area (Å²) in [6.45, 7) is 2.45. The standard InChI is InChI=1S/C23H21N3O2/c1-16-11-18-9-5-6-10-21(18)26(16)23(28)20-12-19(14-24-15-20)22(27)25-13-17-7-3-2-4-8-17/h2-10,12,14-16H,11,13H2,1H3,(H,25,27). The zero-order chi connectivity index (χ0) is 19.5. The molecule has 140 valence electrons. The first kappa shape index (κ1) is 17.9. The Balaban J connectivity index is 1.52. The molecule has 3 aromatic rings. The van der Waals surface area contributed by atoms with Crippen LogP contribution in [-0.2, 0) is 13.0 Å². The average Bonchev–Trinajstić information content (AvgIpc) is 3.08. The molecule has 0 radical (unpaired) electrons. The van der Waals surface area contributed by atoms with Gasteiger partial charge in [-0.25, -0.2) is 0 Å². The van der Waals surface area contributed by atoms with Crippen molar-refractivity contribution in [2.45, 2.75) is 25.9 Å². The molecule has 5 heteroatoms. The van der Waals surface area contributed by atoms with Crippen LogP contribution in [0, 0.1) is 0 Å². The van der Waals surface area contributed by atoms with Gasteiger partial charge in [0.15, 0.2) is 0 Å². The molecule has 1 aliphatic heterocycles. The molecular weight excluding hydrogens is 350 g/mol. The molecule has 4 rings (SSSR count). The van der Waals surface area contributed by atoms with Crippen LogP contribution in [0.3, 0.4) is 0 Å². The van der Waals surface area contributed by atoms with E-state index < -0.39 is 0 Å². The van der Waals surface area contributed by atoms with Gasteiger partial charge in [-0.2, -0.15) is 0 Å². The minimum absolute atomic E-state index is 0.0699. The first-order chi connectivity index (χ1) is 13.6. The van der Waals surface area contributed by atoms with Crippen LogP contribution in [0.4, 0.5) is 5.69 Å². The van der Waals surface area contributed by atoms with Crippen molar-refractivity contribution < 1.29 is 9.59 Å². The lowest BCUT2D eigenvalue weighted by molar-refractivity contribution is 0.0950. The lowest BCUT2D eigenvalue weighted by Crippen LogP contribution is -2.36. The molecule has 5 nitrogen and oxygen atoms in total. The molecule has 1 aromatic heterocycles. The first-order valence-electron chi connectivity index (χ1n) is 9.32. The van der Waals surface area contributed by atoms with Crippen LogP contribution in [0.2, 0.25) is 0 Å². The van der Waals surface area contributed by atoms with Crippen LogP contribution in [0.5, 0.6) is 0 Å². The Labute approximate surface area is 164 Å². The van der Waals surface area contributed by atoms with E-state index in [1.54, 1.807) is 11.0 Å². The summed E-state index contributed by atoms with van der Waals surface area (Å²) in [6.07, 6.45) is 3.83. The summed E-state index contributed by atoms with van der Waals surface area (Å²) in [5, 5.41) is 2.87. The number of anilines is 1. The summed E-state index contributed by atoms with van der Waals surface area (Å²) in [4.78, 5) is 31.5. The predicted molar refractivity (Wildman–Crippen MR) is 108 cm³/mol. The number of hydrogen-bond acceptors (Lipinski definition) is 3. The Morgan fingerprint density at radius 1 is 1.04 bits per heavy atom. The van der Waals surface area contributed by atoms with Gasteiger partial charge in [-0.3, -0.25) is 14.6 Å². The van der Waals surface area contributed by atoms with Crippen molar-refractivity contribution in [2.24, 2.45) is 0 Å². The van der Waals surface area contributed by atoms with Crippen LogP contribution >= 0.6 is 0 Å². The van der Waals surface area contributed by atoms with E-state index in [1.807, 2.05) is 61.5 Å². The highest BCUT2D eigenvalue weighted by Gasteiger charge is 2.31. The van der Waals surface area contributed by atoms with Gasteiger partial charge in [0.05, 0.1) is 11.1 Å². The highest BCUT2D eigenvalue weighted by Crippen LogP contribution is 2.33. The number of amides is 2.